The lowest BCUT2D eigenvalue weighted by Gasteiger charge is -2.35. The van der Waals surface area contributed by atoms with Gasteiger partial charge in [0.1, 0.15) is 18.5 Å². The number of hydrogen-bond acceptors (Lipinski definition) is 5. The largest absolute Gasteiger partial charge is 0.487 e. The maximum absolute atomic E-state index is 11.6. The molecule has 0 aliphatic carbocycles. The van der Waals surface area contributed by atoms with Gasteiger partial charge in [0.2, 0.25) is 0 Å². The highest BCUT2D eigenvalue weighted by molar-refractivity contribution is 5.89. The first-order chi connectivity index (χ1) is 14.6. The van der Waals surface area contributed by atoms with E-state index in [0.29, 0.717) is 37.6 Å². The SMILES string of the molecule is Cc1ccc(COc2cncc(N3CCOC(c4ccccc4C(=O)O)C3)c2)cc1. The van der Waals surface area contributed by atoms with E-state index in [9.17, 15) is 9.90 Å². The summed E-state index contributed by atoms with van der Waals surface area (Å²) in [5.74, 6) is -0.249. The highest BCUT2D eigenvalue weighted by atomic mass is 16.5. The molecule has 1 aromatic heterocycles. The minimum absolute atomic E-state index is 0.276. The van der Waals surface area contributed by atoms with Crippen LogP contribution in [0.5, 0.6) is 5.75 Å². The van der Waals surface area contributed by atoms with Crippen molar-refractivity contribution < 1.29 is 19.4 Å². The molecule has 1 N–H and O–H groups in total. The molecule has 1 unspecified atom stereocenters. The summed E-state index contributed by atoms with van der Waals surface area (Å²) >= 11 is 0. The molecule has 0 saturated carbocycles. The summed E-state index contributed by atoms with van der Waals surface area (Å²) in [7, 11) is 0. The lowest BCUT2D eigenvalue weighted by atomic mass is 10.0. The number of aryl methyl sites for hydroxylation is 1. The fourth-order valence-corrected chi connectivity index (χ4v) is 3.55. The minimum Gasteiger partial charge on any atom is -0.487 e. The Morgan fingerprint density at radius 1 is 1.20 bits per heavy atom. The smallest absolute Gasteiger partial charge is 0.336 e. The molecule has 2 heterocycles. The Balaban J connectivity index is 1.47. The van der Waals surface area contributed by atoms with Crippen molar-refractivity contribution in [1.29, 1.82) is 0 Å². The third-order valence-electron chi connectivity index (χ3n) is 5.19. The Bertz CT molecular complexity index is 1020. The average Bonchev–Trinajstić information content (AvgIpc) is 2.79. The molecule has 2 aromatic carbocycles. The van der Waals surface area contributed by atoms with Crippen LogP contribution in [0.2, 0.25) is 0 Å². The number of carboxylic acid groups (broad SMARTS) is 1. The summed E-state index contributed by atoms with van der Waals surface area (Å²) in [5, 5.41) is 9.49. The van der Waals surface area contributed by atoms with E-state index >= 15 is 0 Å². The van der Waals surface area contributed by atoms with Gasteiger partial charge in [-0.15, -0.1) is 0 Å². The Morgan fingerprint density at radius 2 is 2.00 bits per heavy atom. The highest BCUT2D eigenvalue weighted by Gasteiger charge is 2.26. The zero-order chi connectivity index (χ0) is 20.9. The molecular weight excluding hydrogens is 380 g/mol. The first-order valence-electron chi connectivity index (χ1n) is 9.92. The number of morpholine rings is 1. The van der Waals surface area contributed by atoms with Crippen LogP contribution in [-0.2, 0) is 11.3 Å². The van der Waals surface area contributed by atoms with Crippen LogP contribution in [0.25, 0.3) is 0 Å². The summed E-state index contributed by atoms with van der Waals surface area (Å²) in [5.41, 5.74) is 4.21. The number of rotatable bonds is 6. The number of pyridine rings is 1. The topological polar surface area (TPSA) is 71.9 Å². The Kier molecular flexibility index (Phi) is 5.95. The second kappa shape index (κ2) is 8.97. The van der Waals surface area contributed by atoms with Gasteiger partial charge in [-0.1, -0.05) is 48.0 Å². The van der Waals surface area contributed by atoms with Crippen molar-refractivity contribution in [2.75, 3.05) is 24.6 Å². The van der Waals surface area contributed by atoms with Crippen LogP contribution in [0.4, 0.5) is 5.69 Å². The number of aromatic carboxylic acids is 1. The van der Waals surface area contributed by atoms with E-state index < -0.39 is 5.97 Å². The quantitative estimate of drug-likeness (QED) is 0.662. The molecule has 6 heteroatoms. The van der Waals surface area contributed by atoms with Crippen LogP contribution in [0, 0.1) is 6.92 Å². The van der Waals surface area contributed by atoms with Gasteiger partial charge >= 0.3 is 5.97 Å². The zero-order valence-electron chi connectivity index (χ0n) is 16.8. The van der Waals surface area contributed by atoms with E-state index in [4.69, 9.17) is 9.47 Å². The number of aromatic nitrogens is 1. The monoisotopic (exact) mass is 404 g/mol. The molecule has 154 valence electrons. The summed E-state index contributed by atoms with van der Waals surface area (Å²) in [6.07, 6.45) is 3.18. The van der Waals surface area contributed by atoms with E-state index in [-0.39, 0.29) is 11.7 Å². The number of anilines is 1. The molecular formula is C24H24N2O4. The molecule has 1 fully saturated rings. The fraction of sp³-hybridized carbons (Fsp3) is 0.250. The Morgan fingerprint density at radius 3 is 2.80 bits per heavy atom. The first-order valence-corrected chi connectivity index (χ1v) is 9.92. The van der Waals surface area contributed by atoms with Gasteiger partial charge in [0.05, 0.1) is 30.3 Å². The molecule has 0 spiro atoms. The van der Waals surface area contributed by atoms with Crippen LogP contribution in [0.3, 0.4) is 0 Å². The second-order valence-corrected chi connectivity index (χ2v) is 7.35. The third kappa shape index (κ3) is 4.60. The normalized spacial score (nSPS) is 16.3. The molecule has 0 amide bonds. The van der Waals surface area contributed by atoms with Crippen molar-refractivity contribution in [1.82, 2.24) is 4.98 Å². The van der Waals surface area contributed by atoms with Gasteiger partial charge in [-0.3, -0.25) is 4.98 Å². The fourth-order valence-electron chi connectivity index (χ4n) is 3.55. The van der Waals surface area contributed by atoms with Gasteiger partial charge in [-0.05, 0) is 24.1 Å². The van der Waals surface area contributed by atoms with E-state index in [1.807, 2.05) is 18.2 Å². The molecule has 1 aliphatic rings. The maximum Gasteiger partial charge on any atom is 0.336 e. The van der Waals surface area contributed by atoms with Crippen LogP contribution in [-0.4, -0.2) is 35.8 Å². The molecule has 1 atom stereocenters. The minimum atomic E-state index is -0.945. The van der Waals surface area contributed by atoms with Gasteiger partial charge in [-0.25, -0.2) is 4.79 Å². The van der Waals surface area contributed by atoms with E-state index in [0.717, 1.165) is 11.3 Å². The molecule has 3 aromatic rings. The van der Waals surface area contributed by atoms with Gasteiger partial charge in [0, 0.05) is 19.2 Å². The zero-order valence-corrected chi connectivity index (χ0v) is 16.8. The van der Waals surface area contributed by atoms with Gasteiger partial charge in [0.25, 0.3) is 0 Å². The van der Waals surface area contributed by atoms with Gasteiger partial charge < -0.3 is 19.5 Å². The molecule has 0 radical (unpaired) electrons. The van der Waals surface area contributed by atoms with E-state index in [1.54, 1.807) is 24.5 Å². The van der Waals surface area contributed by atoms with Crippen LogP contribution < -0.4 is 9.64 Å². The number of nitrogens with zero attached hydrogens (tertiary/aromatic N) is 2. The standard InChI is InChI=1S/C24H24N2O4/c1-17-6-8-18(9-7-17)16-30-20-12-19(13-25-14-20)26-10-11-29-23(15-26)21-4-2-3-5-22(21)24(27)28/h2-9,12-14,23H,10-11,15-16H2,1H3,(H,27,28). The maximum atomic E-state index is 11.6. The van der Waals surface area contributed by atoms with Crippen LogP contribution in [0.1, 0.15) is 33.2 Å². The molecule has 1 aliphatic heterocycles. The number of benzene rings is 2. The van der Waals surface area contributed by atoms with Crippen LogP contribution in [0.15, 0.2) is 67.0 Å². The first kappa shape index (κ1) is 19.9. The summed E-state index contributed by atoms with van der Waals surface area (Å²) in [4.78, 5) is 18.1. The Labute approximate surface area is 175 Å². The molecule has 0 bridgehead atoms. The molecule has 4 rings (SSSR count). The van der Waals surface area contributed by atoms with Crippen LogP contribution >= 0.6 is 0 Å². The Hall–Kier alpha value is -3.38. The van der Waals surface area contributed by atoms with Crippen molar-refractivity contribution in [2.24, 2.45) is 0 Å². The predicted molar refractivity (Wildman–Crippen MR) is 114 cm³/mol. The molecule has 1 saturated heterocycles. The van der Waals surface area contributed by atoms with Crippen molar-refractivity contribution in [3.8, 4) is 5.75 Å². The third-order valence-corrected chi connectivity index (χ3v) is 5.19. The molecule has 6 nitrogen and oxygen atoms in total. The van der Waals surface area contributed by atoms with E-state index in [2.05, 4.69) is 41.1 Å². The second-order valence-electron chi connectivity index (χ2n) is 7.35. The number of carboxylic acids is 1. The lowest BCUT2D eigenvalue weighted by molar-refractivity contribution is 0.0378. The number of hydrogen-bond donors (Lipinski definition) is 1. The summed E-state index contributed by atoms with van der Waals surface area (Å²) in [6.45, 7) is 4.29. The predicted octanol–water partition coefficient (Wildman–Crippen LogP) is 4.25. The summed E-state index contributed by atoms with van der Waals surface area (Å²) < 4.78 is 11.8. The van der Waals surface area contributed by atoms with Crippen molar-refractivity contribution >= 4 is 11.7 Å². The summed E-state index contributed by atoms with van der Waals surface area (Å²) in [6, 6.07) is 17.2. The number of carbonyl (C=O) groups is 1. The molecule has 30 heavy (non-hydrogen) atoms. The lowest BCUT2D eigenvalue weighted by Crippen LogP contribution is -2.38. The highest BCUT2D eigenvalue weighted by Crippen LogP contribution is 2.29. The van der Waals surface area contributed by atoms with E-state index in [1.165, 1.54) is 5.56 Å². The average molecular weight is 404 g/mol. The number of ether oxygens (including phenoxy) is 2. The van der Waals surface area contributed by atoms with Crippen molar-refractivity contribution in [3.05, 3.63) is 89.2 Å². The van der Waals surface area contributed by atoms with Crippen molar-refractivity contribution in [3.63, 3.8) is 0 Å². The van der Waals surface area contributed by atoms with Gasteiger partial charge in [-0.2, -0.15) is 0 Å². The van der Waals surface area contributed by atoms with Crippen molar-refractivity contribution in [2.45, 2.75) is 19.6 Å². The van der Waals surface area contributed by atoms with Gasteiger partial charge in [0.15, 0.2) is 0 Å².